The molecule has 0 unspecified atom stereocenters. The summed E-state index contributed by atoms with van der Waals surface area (Å²) in [7, 11) is 0. The molecule has 0 atom stereocenters. The van der Waals surface area contributed by atoms with Crippen LogP contribution in [0.5, 0.6) is 0 Å². The molecule has 0 aromatic heterocycles. The van der Waals surface area contributed by atoms with Crippen molar-refractivity contribution in [3.05, 3.63) is 0 Å². The molecule has 0 aromatic rings. The fourth-order valence-electron chi connectivity index (χ4n) is 3.37. The van der Waals surface area contributed by atoms with E-state index in [0.29, 0.717) is 6.61 Å². The summed E-state index contributed by atoms with van der Waals surface area (Å²) in [5.41, 5.74) is 0. The van der Waals surface area contributed by atoms with E-state index in [1.807, 2.05) is 0 Å². The summed E-state index contributed by atoms with van der Waals surface area (Å²) in [4.78, 5) is 0. The third-order valence-electron chi connectivity index (χ3n) is 5.01. The molecule has 0 aliphatic carbocycles. The van der Waals surface area contributed by atoms with E-state index in [-0.39, 0.29) is 17.4 Å². The summed E-state index contributed by atoms with van der Waals surface area (Å²) in [6.07, 6.45) is 28.1. The van der Waals surface area contributed by atoms with Crippen molar-refractivity contribution in [3.8, 4) is 0 Å². The maximum atomic E-state index is 8.71. The first-order valence-corrected chi connectivity index (χ1v) is 11.0. The summed E-state index contributed by atoms with van der Waals surface area (Å²) in [5.74, 6) is 0. The first-order valence-electron chi connectivity index (χ1n) is 11.0. The monoisotopic (exact) mass is 353 g/mol. The molecular formula is C22H46AlO. The Kier molecular flexibility index (Phi) is 28.6. The van der Waals surface area contributed by atoms with Crippen LogP contribution < -0.4 is 0 Å². The van der Waals surface area contributed by atoms with Crippen LogP contribution in [0.3, 0.4) is 0 Å². The predicted molar refractivity (Wildman–Crippen MR) is 111 cm³/mol. The summed E-state index contributed by atoms with van der Waals surface area (Å²) >= 11 is 0. The molecule has 0 amide bonds. The number of aliphatic hydroxyl groups excluding tert-OH is 1. The maximum absolute atomic E-state index is 8.71. The average Bonchev–Trinajstić information content (AvgIpc) is 2.57. The van der Waals surface area contributed by atoms with Gasteiger partial charge < -0.3 is 5.11 Å². The Hall–Kier alpha value is 0.492. The van der Waals surface area contributed by atoms with Crippen molar-refractivity contribution >= 4 is 17.4 Å². The first kappa shape index (κ1) is 26.7. The number of unbranched alkanes of at least 4 members (excludes halogenated alkanes) is 19. The number of hydrogen-bond donors (Lipinski definition) is 1. The van der Waals surface area contributed by atoms with Gasteiger partial charge >= 0.3 is 0 Å². The van der Waals surface area contributed by atoms with E-state index in [1.165, 1.54) is 122 Å². The van der Waals surface area contributed by atoms with Gasteiger partial charge in [0, 0.05) is 24.0 Å². The SMILES string of the molecule is CCCCCCCCCCCCCCCCCCCCCCO.[Al]. The van der Waals surface area contributed by atoms with E-state index < -0.39 is 0 Å². The van der Waals surface area contributed by atoms with Gasteiger partial charge in [0.15, 0.2) is 0 Å². The average molecular weight is 354 g/mol. The van der Waals surface area contributed by atoms with Crippen LogP contribution in [0.1, 0.15) is 135 Å². The van der Waals surface area contributed by atoms with Gasteiger partial charge in [-0.1, -0.05) is 129 Å². The van der Waals surface area contributed by atoms with Crippen LogP contribution in [0.4, 0.5) is 0 Å². The van der Waals surface area contributed by atoms with Crippen molar-refractivity contribution in [2.75, 3.05) is 6.61 Å². The Morgan fingerprint density at radius 2 is 0.583 bits per heavy atom. The summed E-state index contributed by atoms with van der Waals surface area (Å²) in [6, 6.07) is 0. The molecule has 24 heavy (non-hydrogen) atoms. The van der Waals surface area contributed by atoms with Crippen molar-refractivity contribution in [1.82, 2.24) is 0 Å². The number of aliphatic hydroxyl groups is 1. The highest BCUT2D eigenvalue weighted by Gasteiger charge is 1.95. The van der Waals surface area contributed by atoms with Gasteiger partial charge in [-0.25, -0.2) is 0 Å². The van der Waals surface area contributed by atoms with E-state index in [9.17, 15) is 0 Å². The van der Waals surface area contributed by atoms with Crippen molar-refractivity contribution in [3.63, 3.8) is 0 Å². The van der Waals surface area contributed by atoms with E-state index in [4.69, 9.17) is 5.11 Å². The Balaban J connectivity index is 0. The fourth-order valence-corrected chi connectivity index (χ4v) is 3.37. The second kappa shape index (κ2) is 25.7. The number of hydrogen-bond acceptors (Lipinski definition) is 1. The predicted octanol–water partition coefficient (Wildman–Crippen LogP) is 7.42. The van der Waals surface area contributed by atoms with Gasteiger partial charge in [0.2, 0.25) is 0 Å². The molecular weight excluding hydrogens is 307 g/mol. The molecule has 0 rings (SSSR count). The van der Waals surface area contributed by atoms with Crippen LogP contribution in [0.2, 0.25) is 0 Å². The van der Waals surface area contributed by atoms with Crippen LogP contribution in [-0.2, 0) is 0 Å². The lowest BCUT2D eigenvalue weighted by Crippen LogP contribution is -1.85. The lowest BCUT2D eigenvalue weighted by molar-refractivity contribution is 0.282. The molecule has 0 aliphatic heterocycles. The fraction of sp³-hybridized carbons (Fsp3) is 1.00. The molecule has 0 saturated heterocycles. The molecule has 0 aliphatic rings. The largest absolute Gasteiger partial charge is 0.396 e. The van der Waals surface area contributed by atoms with Crippen LogP contribution in [0.25, 0.3) is 0 Å². The van der Waals surface area contributed by atoms with Crippen LogP contribution in [0.15, 0.2) is 0 Å². The van der Waals surface area contributed by atoms with E-state index in [2.05, 4.69) is 6.92 Å². The lowest BCUT2D eigenvalue weighted by atomic mass is 10.0. The zero-order chi connectivity index (χ0) is 16.8. The van der Waals surface area contributed by atoms with E-state index >= 15 is 0 Å². The normalized spacial score (nSPS) is 10.8. The zero-order valence-corrected chi connectivity index (χ0v) is 18.0. The Bertz CT molecular complexity index is 176. The van der Waals surface area contributed by atoms with Gasteiger partial charge in [-0.15, -0.1) is 0 Å². The smallest absolute Gasteiger partial charge is 0.0431 e. The molecule has 3 radical (unpaired) electrons. The van der Waals surface area contributed by atoms with Crippen LogP contribution in [-0.4, -0.2) is 29.1 Å². The van der Waals surface area contributed by atoms with Crippen molar-refractivity contribution < 1.29 is 5.11 Å². The molecule has 0 aromatic carbocycles. The second-order valence-electron chi connectivity index (χ2n) is 7.44. The minimum Gasteiger partial charge on any atom is -0.396 e. The summed E-state index contributed by atoms with van der Waals surface area (Å²) in [5, 5.41) is 8.71. The van der Waals surface area contributed by atoms with Gasteiger partial charge in [-0.2, -0.15) is 0 Å². The van der Waals surface area contributed by atoms with Crippen molar-refractivity contribution in [2.45, 2.75) is 135 Å². The first-order chi connectivity index (χ1) is 11.4. The standard InChI is InChI=1S/C22H46O.Al/c1-2-3-4-5-6-7-8-9-10-11-12-13-14-15-16-17-18-19-20-21-22-23;/h23H,2-22H2,1H3;. The molecule has 2 heteroatoms. The highest BCUT2D eigenvalue weighted by molar-refractivity contribution is 5.75. The lowest BCUT2D eigenvalue weighted by Gasteiger charge is -2.03. The third-order valence-corrected chi connectivity index (χ3v) is 5.01. The minimum absolute atomic E-state index is 0. The zero-order valence-electron chi connectivity index (χ0n) is 16.9. The minimum atomic E-state index is 0. The molecule has 0 spiro atoms. The maximum Gasteiger partial charge on any atom is 0.0431 e. The molecule has 0 heterocycles. The van der Waals surface area contributed by atoms with Crippen molar-refractivity contribution in [2.24, 2.45) is 0 Å². The highest BCUT2D eigenvalue weighted by Crippen LogP contribution is 2.14. The summed E-state index contributed by atoms with van der Waals surface area (Å²) in [6.45, 7) is 2.67. The van der Waals surface area contributed by atoms with E-state index in [1.54, 1.807) is 0 Å². The second-order valence-corrected chi connectivity index (χ2v) is 7.44. The molecule has 1 N–H and O–H groups in total. The Morgan fingerprint density at radius 3 is 0.792 bits per heavy atom. The third kappa shape index (κ3) is 24.7. The molecule has 0 saturated carbocycles. The quantitative estimate of drug-likeness (QED) is 0.178. The molecule has 0 bridgehead atoms. The topological polar surface area (TPSA) is 20.2 Å². The Morgan fingerprint density at radius 1 is 0.375 bits per heavy atom. The van der Waals surface area contributed by atoms with Crippen LogP contribution >= 0.6 is 0 Å². The van der Waals surface area contributed by atoms with Gasteiger partial charge in [0.05, 0.1) is 0 Å². The van der Waals surface area contributed by atoms with Crippen LogP contribution in [0, 0.1) is 0 Å². The van der Waals surface area contributed by atoms with Gasteiger partial charge in [0.1, 0.15) is 0 Å². The van der Waals surface area contributed by atoms with Gasteiger partial charge in [0.25, 0.3) is 0 Å². The number of rotatable bonds is 20. The van der Waals surface area contributed by atoms with E-state index in [0.717, 1.165) is 6.42 Å². The highest BCUT2D eigenvalue weighted by atomic mass is 27.0. The molecule has 1 nitrogen and oxygen atoms in total. The molecule has 143 valence electrons. The van der Waals surface area contributed by atoms with Crippen molar-refractivity contribution in [1.29, 1.82) is 0 Å². The van der Waals surface area contributed by atoms with Gasteiger partial charge in [-0.05, 0) is 6.42 Å². The molecule has 0 fully saturated rings. The Labute approximate surface area is 164 Å². The van der Waals surface area contributed by atoms with Gasteiger partial charge in [-0.3, -0.25) is 0 Å². The summed E-state index contributed by atoms with van der Waals surface area (Å²) < 4.78 is 0.